The van der Waals surface area contributed by atoms with Crippen LogP contribution in [-0.4, -0.2) is 21.2 Å². The third kappa shape index (κ3) is 3.05. The van der Waals surface area contributed by atoms with E-state index in [0.29, 0.717) is 11.6 Å². The molecular formula is C22H19FN4. The molecule has 27 heavy (non-hydrogen) atoms. The lowest BCUT2D eigenvalue weighted by molar-refractivity contribution is 0.619. The number of nitrogens with zero attached hydrogens (tertiary/aromatic N) is 2. The molecule has 1 aliphatic carbocycles. The number of pyridine rings is 1. The summed E-state index contributed by atoms with van der Waals surface area (Å²) < 4.78 is 13.8. The number of hydrogen-bond donors (Lipinski definition) is 2. The molecule has 2 aromatic carbocycles. The fraction of sp³-hybridized carbons (Fsp3) is 0.182. The summed E-state index contributed by atoms with van der Waals surface area (Å²) >= 11 is 0. The Morgan fingerprint density at radius 2 is 1.89 bits per heavy atom. The second-order valence-electron chi connectivity index (χ2n) is 7.17. The van der Waals surface area contributed by atoms with Gasteiger partial charge in [-0.15, -0.1) is 0 Å². The van der Waals surface area contributed by atoms with E-state index in [1.807, 2.05) is 24.5 Å². The predicted molar refractivity (Wildman–Crippen MR) is 106 cm³/mol. The van der Waals surface area contributed by atoms with Crippen molar-refractivity contribution < 1.29 is 4.39 Å². The maximum Gasteiger partial charge on any atom is 0.126 e. The van der Waals surface area contributed by atoms with Gasteiger partial charge < -0.3 is 5.32 Å². The summed E-state index contributed by atoms with van der Waals surface area (Å²) in [6.45, 7) is 1.78. The first-order valence-electron chi connectivity index (χ1n) is 9.14. The Kier molecular flexibility index (Phi) is 3.67. The van der Waals surface area contributed by atoms with E-state index in [1.165, 1.54) is 18.9 Å². The number of nitrogens with one attached hydrogen (secondary N) is 2. The van der Waals surface area contributed by atoms with Gasteiger partial charge in [-0.05, 0) is 67.3 Å². The molecule has 4 nitrogen and oxygen atoms in total. The number of fused-ring (bicyclic) bond motifs is 1. The number of rotatable bonds is 4. The largest absolute Gasteiger partial charge is 0.381 e. The van der Waals surface area contributed by atoms with Crippen molar-refractivity contribution in [1.82, 2.24) is 15.2 Å². The van der Waals surface area contributed by atoms with Crippen molar-refractivity contribution in [3.63, 3.8) is 0 Å². The molecule has 1 saturated carbocycles. The normalized spacial score (nSPS) is 13.9. The fourth-order valence-electron chi connectivity index (χ4n) is 3.36. The highest BCUT2D eigenvalue weighted by molar-refractivity contribution is 5.89. The predicted octanol–water partition coefficient (Wildman–Crippen LogP) is 5.31. The molecule has 0 atom stereocenters. The molecule has 0 amide bonds. The van der Waals surface area contributed by atoms with E-state index < -0.39 is 0 Å². The second kappa shape index (κ2) is 6.20. The minimum absolute atomic E-state index is 0.202. The Hall–Kier alpha value is -3.21. The summed E-state index contributed by atoms with van der Waals surface area (Å²) in [4.78, 5) is 4.74. The third-order valence-electron chi connectivity index (χ3n) is 5.02. The van der Waals surface area contributed by atoms with Crippen molar-refractivity contribution in [2.75, 3.05) is 5.32 Å². The smallest absolute Gasteiger partial charge is 0.126 e. The number of halogens is 1. The zero-order chi connectivity index (χ0) is 18.4. The van der Waals surface area contributed by atoms with E-state index in [-0.39, 0.29) is 5.82 Å². The monoisotopic (exact) mass is 358 g/mol. The SMILES string of the molecule is Cc1cc(-c2ncc(NC3CC3)cc2-c2ccc3[nH]ncc3c2)ccc1F. The molecule has 0 radical (unpaired) electrons. The molecular weight excluding hydrogens is 339 g/mol. The molecule has 0 unspecified atom stereocenters. The lowest BCUT2D eigenvalue weighted by atomic mass is 9.97. The lowest BCUT2D eigenvalue weighted by Gasteiger charge is -2.13. The fourth-order valence-corrected chi connectivity index (χ4v) is 3.36. The average Bonchev–Trinajstić information content (AvgIpc) is 3.37. The van der Waals surface area contributed by atoms with Crippen LogP contribution >= 0.6 is 0 Å². The molecule has 1 aliphatic rings. The zero-order valence-corrected chi connectivity index (χ0v) is 15.0. The van der Waals surface area contributed by atoms with Crippen LogP contribution in [0.5, 0.6) is 0 Å². The molecule has 0 bridgehead atoms. The van der Waals surface area contributed by atoms with Gasteiger partial charge in [0, 0.05) is 22.6 Å². The number of hydrogen-bond acceptors (Lipinski definition) is 3. The summed E-state index contributed by atoms with van der Waals surface area (Å²) in [5.74, 6) is -0.202. The van der Waals surface area contributed by atoms with Gasteiger partial charge in [-0.2, -0.15) is 5.10 Å². The summed E-state index contributed by atoms with van der Waals surface area (Å²) in [6, 6.07) is 14.0. The number of benzene rings is 2. The topological polar surface area (TPSA) is 53.6 Å². The lowest BCUT2D eigenvalue weighted by Crippen LogP contribution is -2.02. The molecule has 5 rings (SSSR count). The van der Waals surface area contributed by atoms with Gasteiger partial charge in [-0.1, -0.05) is 6.07 Å². The van der Waals surface area contributed by atoms with Gasteiger partial charge in [0.15, 0.2) is 0 Å². The van der Waals surface area contributed by atoms with Gasteiger partial charge in [-0.3, -0.25) is 10.1 Å². The second-order valence-corrected chi connectivity index (χ2v) is 7.17. The highest BCUT2D eigenvalue weighted by atomic mass is 19.1. The molecule has 134 valence electrons. The molecule has 0 spiro atoms. The van der Waals surface area contributed by atoms with Crippen molar-refractivity contribution in [3.05, 3.63) is 66.2 Å². The highest BCUT2D eigenvalue weighted by Gasteiger charge is 2.21. The van der Waals surface area contributed by atoms with Crippen molar-refractivity contribution in [1.29, 1.82) is 0 Å². The molecule has 0 aliphatic heterocycles. The number of aryl methyl sites for hydroxylation is 1. The van der Waals surface area contributed by atoms with E-state index >= 15 is 0 Å². The minimum Gasteiger partial charge on any atom is -0.381 e. The van der Waals surface area contributed by atoms with Crippen molar-refractivity contribution in [2.45, 2.75) is 25.8 Å². The Morgan fingerprint density at radius 1 is 1.04 bits per heavy atom. The van der Waals surface area contributed by atoms with Gasteiger partial charge in [0.2, 0.25) is 0 Å². The van der Waals surface area contributed by atoms with E-state index in [1.54, 1.807) is 13.0 Å². The minimum atomic E-state index is -0.202. The Labute approximate surface area is 156 Å². The molecule has 2 N–H and O–H groups in total. The Bertz CT molecular complexity index is 1140. The van der Waals surface area contributed by atoms with Crippen molar-refractivity contribution in [3.8, 4) is 22.4 Å². The highest BCUT2D eigenvalue weighted by Crippen LogP contribution is 2.35. The summed E-state index contributed by atoms with van der Waals surface area (Å²) in [7, 11) is 0. The van der Waals surface area contributed by atoms with Crippen LogP contribution in [0.2, 0.25) is 0 Å². The van der Waals surface area contributed by atoms with Gasteiger partial charge in [0.25, 0.3) is 0 Å². The van der Waals surface area contributed by atoms with Crippen LogP contribution in [0.3, 0.4) is 0 Å². The van der Waals surface area contributed by atoms with Crippen LogP contribution in [0.15, 0.2) is 54.9 Å². The maximum absolute atomic E-state index is 13.8. The van der Waals surface area contributed by atoms with Crippen LogP contribution in [0.4, 0.5) is 10.1 Å². The number of aromatic nitrogens is 3. The molecule has 2 aromatic heterocycles. The Balaban J connectivity index is 1.67. The van der Waals surface area contributed by atoms with E-state index in [9.17, 15) is 4.39 Å². The first-order valence-corrected chi connectivity index (χ1v) is 9.14. The van der Waals surface area contributed by atoms with Crippen LogP contribution in [0, 0.1) is 12.7 Å². The first kappa shape index (κ1) is 16.0. The quantitative estimate of drug-likeness (QED) is 0.519. The summed E-state index contributed by atoms with van der Waals surface area (Å²) in [5, 5.41) is 11.7. The summed E-state index contributed by atoms with van der Waals surface area (Å²) in [6.07, 6.45) is 6.09. The van der Waals surface area contributed by atoms with Crippen LogP contribution < -0.4 is 5.32 Å². The number of H-pyrrole nitrogens is 1. The molecule has 1 fully saturated rings. The zero-order valence-electron chi connectivity index (χ0n) is 15.0. The number of anilines is 1. The van der Waals surface area contributed by atoms with Crippen LogP contribution in [0.1, 0.15) is 18.4 Å². The maximum atomic E-state index is 13.8. The molecule has 0 saturated heterocycles. The molecule has 4 aromatic rings. The first-order chi connectivity index (χ1) is 13.2. The van der Waals surface area contributed by atoms with Gasteiger partial charge in [0.1, 0.15) is 5.82 Å². The van der Waals surface area contributed by atoms with Crippen LogP contribution in [-0.2, 0) is 0 Å². The van der Waals surface area contributed by atoms with E-state index in [4.69, 9.17) is 4.98 Å². The third-order valence-corrected chi connectivity index (χ3v) is 5.02. The van der Waals surface area contributed by atoms with Crippen LogP contribution in [0.25, 0.3) is 33.3 Å². The molecule has 5 heteroatoms. The standard InChI is InChI=1S/C22H19FN4/c1-13-8-15(2-6-20(13)23)22-19(10-18(12-24-22)26-17-4-5-17)14-3-7-21-16(9-14)11-25-27-21/h2-3,6-12,17,26H,4-5H2,1H3,(H,25,27). The van der Waals surface area contributed by atoms with Crippen molar-refractivity contribution in [2.24, 2.45) is 0 Å². The average molecular weight is 358 g/mol. The van der Waals surface area contributed by atoms with Gasteiger partial charge in [-0.25, -0.2) is 4.39 Å². The Morgan fingerprint density at radius 3 is 2.70 bits per heavy atom. The van der Waals surface area contributed by atoms with Gasteiger partial charge in [0.05, 0.1) is 29.3 Å². The van der Waals surface area contributed by atoms with E-state index in [0.717, 1.165) is 39.0 Å². The van der Waals surface area contributed by atoms with E-state index in [2.05, 4.69) is 33.7 Å². The van der Waals surface area contributed by atoms with Gasteiger partial charge >= 0.3 is 0 Å². The summed E-state index contributed by atoms with van der Waals surface area (Å²) in [5.41, 5.74) is 6.48. The number of aromatic amines is 1. The van der Waals surface area contributed by atoms with Crippen molar-refractivity contribution >= 4 is 16.6 Å². The molecule has 2 heterocycles.